The lowest BCUT2D eigenvalue weighted by atomic mass is 10.2. The van der Waals surface area contributed by atoms with Crippen LogP contribution in [0.3, 0.4) is 0 Å². The first kappa shape index (κ1) is 17.1. The van der Waals surface area contributed by atoms with Crippen LogP contribution in [0.15, 0.2) is 64.9 Å². The second-order valence-corrected chi connectivity index (χ2v) is 7.79. The van der Waals surface area contributed by atoms with Crippen LogP contribution in [0.1, 0.15) is 16.1 Å². The summed E-state index contributed by atoms with van der Waals surface area (Å²) >= 11 is 1.31. The number of carbonyl (C=O) groups excluding carboxylic acids is 1. The number of hydrogen-bond acceptors (Lipinski definition) is 5. The number of thiazole rings is 1. The maximum Gasteiger partial charge on any atom is 0.261 e. The first-order chi connectivity index (χ1) is 11.9. The number of aromatic nitrogens is 1. The third-order valence-corrected chi connectivity index (χ3v) is 5.53. The maximum atomic E-state index is 12.5. The zero-order valence-electron chi connectivity index (χ0n) is 13.3. The summed E-state index contributed by atoms with van der Waals surface area (Å²) in [7, 11) is -3.78. The van der Waals surface area contributed by atoms with Crippen LogP contribution in [0.5, 0.6) is 0 Å². The van der Waals surface area contributed by atoms with Gasteiger partial charge in [-0.1, -0.05) is 24.3 Å². The van der Waals surface area contributed by atoms with E-state index < -0.39 is 15.9 Å². The summed E-state index contributed by atoms with van der Waals surface area (Å²) in [6.07, 6.45) is 0. The second-order valence-electron chi connectivity index (χ2n) is 5.25. The minimum absolute atomic E-state index is 0.0133. The highest BCUT2D eigenvalue weighted by molar-refractivity contribution is 7.92. The van der Waals surface area contributed by atoms with Crippen molar-refractivity contribution < 1.29 is 13.2 Å². The monoisotopic (exact) mass is 373 g/mol. The molecule has 0 aliphatic carbocycles. The molecule has 0 spiro atoms. The molecule has 3 rings (SSSR count). The molecule has 0 saturated heterocycles. The summed E-state index contributed by atoms with van der Waals surface area (Å²) in [5, 5.41) is 4.95. The van der Waals surface area contributed by atoms with Crippen LogP contribution in [0.25, 0.3) is 0 Å². The highest BCUT2D eigenvalue weighted by atomic mass is 32.2. The Kier molecular flexibility index (Phi) is 4.82. The average Bonchev–Trinajstić information content (AvgIpc) is 3.00. The number of benzene rings is 2. The molecule has 1 heterocycles. The van der Waals surface area contributed by atoms with E-state index in [1.807, 2.05) is 12.3 Å². The Morgan fingerprint density at radius 1 is 1.08 bits per heavy atom. The predicted octanol–water partition coefficient (Wildman–Crippen LogP) is 3.50. The van der Waals surface area contributed by atoms with E-state index in [0.717, 1.165) is 5.69 Å². The number of hydrogen-bond donors (Lipinski definition) is 2. The Hall–Kier alpha value is -2.71. The van der Waals surface area contributed by atoms with E-state index in [0.29, 0.717) is 10.8 Å². The molecule has 6 nitrogen and oxygen atoms in total. The predicted molar refractivity (Wildman–Crippen MR) is 98.5 cm³/mol. The fourth-order valence-corrected chi connectivity index (χ4v) is 3.89. The lowest BCUT2D eigenvalue weighted by molar-refractivity contribution is 0.102. The molecule has 1 aromatic heterocycles. The molecule has 0 atom stereocenters. The topological polar surface area (TPSA) is 88.2 Å². The standard InChI is InChI=1S/C17H15N3O3S2/c1-12-11-24-17(18-12)19-16(21)13-6-5-9-15(10-13)25(22,23)20-14-7-3-2-4-8-14/h2-11,20H,1H3,(H,18,19,21). The first-order valence-corrected chi connectivity index (χ1v) is 9.72. The molecular weight excluding hydrogens is 358 g/mol. The molecule has 2 N–H and O–H groups in total. The van der Waals surface area contributed by atoms with Gasteiger partial charge in [-0.2, -0.15) is 0 Å². The van der Waals surface area contributed by atoms with E-state index in [4.69, 9.17) is 0 Å². The van der Waals surface area contributed by atoms with Gasteiger partial charge in [0.1, 0.15) is 0 Å². The lowest BCUT2D eigenvalue weighted by Gasteiger charge is -2.09. The van der Waals surface area contributed by atoms with Crippen molar-refractivity contribution in [1.29, 1.82) is 0 Å². The van der Waals surface area contributed by atoms with E-state index in [9.17, 15) is 13.2 Å². The number of nitrogens with one attached hydrogen (secondary N) is 2. The van der Waals surface area contributed by atoms with E-state index in [1.165, 1.54) is 29.5 Å². The number of aryl methyl sites for hydroxylation is 1. The number of amides is 1. The SMILES string of the molecule is Cc1csc(NC(=O)c2cccc(S(=O)(=O)Nc3ccccc3)c2)n1. The molecular formula is C17H15N3O3S2. The van der Waals surface area contributed by atoms with E-state index >= 15 is 0 Å². The smallest absolute Gasteiger partial charge is 0.261 e. The van der Waals surface area contributed by atoms with Gasteiger partial charge in [0.15, 0.2) is 5.13 Å². The van der Waals surface area contributed by atoms with E-state index in [1.54, 1.807) is 36.4 Å². The van der Waals surface area contributed by atoms with Gasteiger partial charge in [-0.05, 0) is 37.3 Å². The van der Waals surface area contributed by atoms with Crippen molar-refractivity contribution in [3.63, 3.8) is 0 Å². The fraction of sp³-hybridized carbons (Fsp3) is 0.0588. The van der Waals surface area contributed by atoms with Crippen LogP contribution in [0, 0.1) is 6.92 Å². The van der Waals surface area contributed by atoms with Gasteiger partial charge in [0.25, 0.3) is 15.9 Å². The zero-order valence-corrected chi connectivity index (χ0v) is 14.9. The number of rotatable bonds is 5. The highest BCUT2D eigenvalue weighted by Gasteiger charge is 2.17. The molecule has 1 amide bonds. The molecule has 0 saturated carbocycles. The first-order valence-electron chi connectivity index (χ1n) is 7.35. The highest BCUT2D eigenvalue weighted by Crippen LogP contribution is 2.19. The van der Waals surface area contributed by atoms with Gasteiger partial charge in [0, 0.05) is 16.6 Å². The van der Waals surface area contributed by atoms with Crippen LogP contribution in [0.4, 0.5) is 10.8 Å². The quantitative estimate of drug-likeness (QED) is 0.716. The van der Waals surface area contributed by atoms with Crippen LogP contribution in [0.2, 0.25) is 0 Å². The second kappa shape index (κ2) is 7.04. The normalized spacial score (nSPS) is 11.1. The van der Waals surface area contributed by atoms with Gasteiger partial charge in [-0.15, -0.1) is 11.3 Å². The van der Waals surface area contributed by atoms with Gasteiger partial charge < -0.3 is 0 Å². The summed E-state index contributed by atoms with van der Waals surface area (Å²) in [6, 6.07) is 14.4. The molecule has 128 valence electrons. The Bertz CT molecular complexity index is 999. The molecule has 0 radical (unpaired) electrons. The maximum absolute atomic E-state index is 12.5. The Balaban J connectivity index is 1.82. The Morgan fingerprint density at radius 3 is 2.52 bits per heavy atom. The van der Waals surface area contributed by atoms with Crippen molar-refractivity contribution in [2.75, 3.05) is 10.0 Å². The van der Waals surface area contributed by atoms with Crippen molar-refractivity contribution in [3.8, 4) is 0 Å². The van der Waals surface area contributed by atoms with Gasteiger partial charge in [-0.25, -0.2) is 13.4 Å². The number of nitrogens with zero attached hydrogens (tertiary/aromatic N) is 1. The molecule has 0 bridgehead atoms. The zero-order chi connectivity index (χ0) is 17.9. The summed E-state index contributed by atoms with van der Waals surface area (Å²) in [5.41, 5.74) is 1.50. The van der Waals surface area contributed by atoms with Crippen molar-refractivity contribution in [2.24, 2.45) is 0 Å². The Morgan fingerprint density at radius 2 is 1.84 bits per heavy atom. The third kappa shape index (κ3) is 4.23. The molecule has 3 aromatic rings. The van der Waals surface area contributed by atoms with Crippen LogP contribution >= 0.6 is 11.3 Å². The number of anilines is 2. The molecule has 8 heteroatoms. The van der Waals surface area contributed by atoms with Crippen LogP contribution in [-0.4, -0.2) is 19.3 Å². The third-order valence-electron chi connectivity index (χ3n) is 3.27. The molecule has 2 aromatic carbocycles. The van der Waals surface area contributed by atoms with Gasteiger partial charge in [0.2, 0.25) is 0 Å². The van der Waals surface area contributed by atoms with E-state index in [-0.39, 0.29) is 10.5 Å². The van der Waals surface area contributed by atoms with Crippen molar-refractivity contribution in [2.45, 2.75) is 11.8 Å². The molecule has 25 heavy (non-hydrogen) atoms. The van der Waals surface area contributed by atoms with Gasteiger partial charge in [0.05, 0.1) is 10.6 Å². The van der Waals surface area contributed by atoms with Crippen molar-refractivity contribution in [1.82, 2.24) is 4.98 Å². The number of sulfonamides is 1. The summed E-state index contributed by atoms with van der Waals surface area (Å²) in [4.78, 5) is 16.5. The van der Waals surface area contributed by atoms with Gasteiger partial charge >= 0.3 is 0 Å². The summed E-state index contributed by atoms with van der Waals surface area (Å²) in [6.45, 7) is 1.83. The number of para-hydroxylation sites is 1. The molecule has 0 aliphatic rings. The van der Waals surface area contributed by atoms with Crippen molar-refractivity contribution in [3.05, 3.63) is 71.2 Å². The van der Waals surface area contributed by atoms with Crippen LogP contribution in [-0.2, 0) is 10.0 Å². The van der Waals surface area contributed by atoms with Crippen molar-refractivity contribution >= 4 is 38.1 Å². The minimum Gasteiger partial charge on any atom is -0.298 e. The average molecular weight is 373 g/mol. The summed E-state index contributed by atoms with van der Waals surface area (Å²) < 4.78 is 27.5. The minimum atomic E-state index is -3.78. The molecule has 0 aliphatic heterocycles. The largest absolute Gasteiger partial charge is 0.298 e. The van der Waals surface area contributed by atoms with Gasteiger partial charge in [-0.3, -0.25) is 14.8 Å². The molecule has 0 unspecified atom stereocenters. The van der Waals surface area contributed by atoms with E-state index in [2.05, 4.69) is 15.0 Å². The molecule has 0 fully saturated rings. The lowest BCUT2D eigenvalue weighted by Crippen LogP contribution is -2.15. The summed E-state index contributed by atoms with van der Waals surface area (Å²) in [5.74, 6) is -0.411. The Labute approximate surface area is 149 Å². The van der Waals surface area contributed by atoms with Crippen LogP contribution < -0.4 is 10.0 Å². The fourth-order valence-electron chi connectivity index (χ4n) is 2.11. The number of carbonyl (C=O) groups is 1.